The number of carbonyl (C=O) groups is 4. The number of nitrogens with two attached hydrogens (primary N) is 1. The number of carboxylic acid groups (broad SMARTS) is 1. The molecule has 0 bridgehead atoms. The Bertz CT molecular complexity index is 1490. The van der Waals surface area contributed by atoms with Crippen LogP contribution in [0.3, 0.4) is 0 Å². The van der Waals surface area contributed by atoms with Crippen molar-refractivity contribution in [2.75, 3.05) is 20.3 Å². The molecule has 1 aliphatic rings. The number of ether oxygens (including phenoxy) is 2. The number of alkyl halides is 3. The van der Waals surface area contributed by atoms with Crippen molar-refractivity contribution >= 4 is 49.7 Å². The van der Waals surface area contributed by atoms with Gasteiger partial charge in [-0.2, -0.15) is 13.2 Å². The van der Waals surface area contributed by atoms with Crippen LogP contribution in [0.15, 0.2) is 40.9 Å². The number of sulfonamides is 1. The van der Waals surface area contributed by atoms with E-state index in [0.717, 1.165) is 5.56 Å². The molecule has 0 aromatic heterocycles. The number of nitrogens with one attached hydrogen (secondary N) is 2. The lowest BCUT2D eigenvalue weighted by atomic mass is 10.0. The van der Waals surface area contributed by atoms with E-state index in [1.54, 1.807) is 30.3 Å². The fourth-order valence-electron chi connectivity index (χ4n) is 3.83. The molecule has 3 rings (SSSR count). The number of hydrogen-bond acceptors (Lipinski definition) is 10. The minimum atomic E-state index is -5.08. The van der Waals surface area contributed by atoms with Gasteiger partial charge in [0.25, 0.3) is 0 Å². The molecule has 2 aromatic rings. The molecule has 18 heteroatoms. The van der Waals surface area contributed by atoms with Crippen LogP contribution < -0.4 is 20.5 Å². The molecule has 1 unspecified atom stereocenters. The van der Waals surface area contributed by atoms with Crippen LogP contribution in [0.25, 0.3) is 0 Å². The number of rotatable bonds is 11. The van der Waals surface area contributed by atoms with Gasteiger partial charge in [-0.1, -0.05) is 34.1 Å². The lowest BCUT2D eigenvalue weighted by Gasteiger charge is -2.15. The Kier molecular flexibility index (Phi) is 13.0. The van der Waals surface area contributed by atoms with E-state index in [1.165, 1.54) is 13.2 Å². The third-order valence-corrected chi connectivity index (χ3v) is 8.34. The molecule has 6 N–H and O–H groups in total. The summed E-state index contributed by atoms with van der Waals surface area (Å²) in [7, 11) is -2.55. The van der Waals surface area contributed by atoms with Gasteiger partial charge in [-0.3, -0.25) is 14.3 Å². The Labute approximate surface area is 258 Å². The number of methoxy groups -OCH3 is 1. The zero-order chi connectivity index (χ0) is 33.2. The third kappa shape index (κ3) is 10.4. The average Bonchev–Trinajstić information content (AvgIpc) is 3.21. The molecule has 242 valence electrons. The lowest BCUT2D eigenvalue weighted by Crippen LogP contribution is -2.42. The number of hydrogen-bond donors (Lipinski definition) is 5. The SMILES string of the molecule is COC(=O)c1c(O)cccc1OCCCCNC(=O)[C@@H](N)Cc1ccc(C2CC(=O)NS2(=O)=O)c(Br)c1.O=C(O)C(F)(F)F. The largest absolute Gasteiger partial charge is 0.507 e. The van der Waals surface area contributed by atoms with Crippen molar-refractivity contribution < 1.29 is 60.5 Å². The van der Waals surface area contributed by atoms with Crippen molar-refractivity contribution in [3.05, 3.63) is 57.6 Å². The molecular formula is C26H29BrF3N3O10S. The number of esters is 1. The van der Waals surface area contributed by atoms with Crippen LogP contribution in [0, 0.1) is 0 Å². The highest BCUT2D eigenvalue weighted by Gasteiger charge is 2.39. The van der Waals surface area contributed by atoms with Gasteiger partial charge >= 0.3 is 18.1 Å². The molecule has 1 heterocycles. The minimum absolute atomic E-state index is 0.0426. The first kappa shape index (κ1) is 36.3. The molecular weight excluding hydrogens is 683 g/mol. The minimum Gasteiger partial charge on any atom is -0.507 e. The maximum atomic E-state index is 12.4. The Balaban J connectivity index is 0.000000860. The zero-order valence-corrected chi connectivity index (χ0v) is 25.4. The highest BCUT2D eigenvalue weighted by Crippen LogP contribution is 2.35. The van der Waals surface area contributed by atoms with Crippen molar-refractivity contribution in [1.82, 2.24) is 10.0 Å². The van der Waals surface area contributed by atoms with Gasteiger partial charge in [-0.25, -0.2) is 18.0 Å². The number of benzene rings is 2. The van der Waals surface area contributed by atoms with E-state index >= 15 is 0 Å². The number of carbonyl (C=O) groups excluding carboxylic acids is 3. The summed E-state index contributed by atoms with van der Waals surface area (Å²) in [6.07, 6.45) is -3.83. The number of carboxylic acids is 1. The van der Waals surface area contributed by atoms with E-state index in [0.29, 0.717) is 29.4 Å². The fourth-order valence-corrected chi connectivity index (χ4v) is 6.14. The lowest BCUT2D eigenvalue weighted by molar-refractivity contribution is -0.192. The summed E-state index contributed by atoms with van der Waals surface area (Å²) in [6, 6.07) is 8.66. The predicted octanol–water partition coefficient (Wildman–Crippen LogP) is 2.31. The van der Waals surface area contributed by atoms with Gasteiger partial charge in [0.05, 0.1) is 26.2 Å². The summed E-state index contributed by atoms with van der Waals surface area (Å²) >= 11 is 3.36. The number of phenols is 1. The second-order valence-electron chi connectivity index (χ2n) is 9.22. The number of phenolic OH excluding ortho intramolecular Hbond substituents is 1. The van der Waals surface area contributed by atoms with Gasteiger partial charge in [0, 0.05) is 11.0 Å². The van der Waals surface area contributed by atoms with E-state index < -0.39 is 45.3 Å². The molecule has 0 aliphatic carbocycles. The van der Waals surface area contributed by atoms with Gasteiger partial charge in [0.2, 0.25) is 21.8 Å². The van der Waals surface area contributed by atoms with E-state index in [-0.39, 0.29) is 42.4 Å². The Morgan fingerprint density at radius 2 is 1.86 bits per heavy atom. The monoisotopic (exact) mass is 711 g/mol. The number of unbranched alkanes of at least 4 members (excludes halogenated alkanes) is 1. The first-order valence-electron chi connectivity index (χ1n) is 12.7. The molecule has 0 saturated carbocycles. The molecule has 0 radical (unpaired) electrons. The van der Waals surface area contributed by atoms with Crippen LogP contribution in [0.5, 0.6) is 11.5 Å². The summed E-state index contributed by atoms with van der Waals surface area (Å²) in [5, 5.41) is 18.8. The first-order valence-corrected chi connectivity index (χ1v) is 15.0. The fraction of sp³-hybridized carbons (Fsp3) is 0.385. The Hall–Kier alpha value is -3.90. The summed E-state index contributed by atoms with van der Waals surface area (Å²) < 4.78 is 68.7. The maximum Gasteiger partial charge on any atom is 0.490 e. The quantitative estimate of drug-likeness (QED) is 0.169. The smallest absolute Gasteiger partial charge is 0.490 e. The molecule has 0 spiro atoms. The average molecular weight is 712 g/mol. The van der Waals surface area contributed by atoms with Crippen LogP contribution in [-0.4, -0.2) is 74.9 Å². The van der Waals surface area contributed by atoms with Crippen molar-refractivity contribution in [1.29, 1.82) is 0 Å². The van der Waals surface area contributed by atoms with Crippen LogP contribution in [0.4, 0.5) is 13.2 Å². The predicted molar refractivity (Wildman–Crippen MR) is 151 cm³/mol. The van der Waals surface area contributed by atoms with Gasteiger partial charge in [0.1, 0.15) is 22.3 Å². The highest BCUT2D eigenvalue weighted by molar-refractivity contribution is 9.10. The molecule has 2 amide bonds. The van der Waals surface area contributed by atoms with E-state index in [1.807, 2.05) is 4.72 Å². The molecule has 44 heavy (non-hydrogen) atoms. The van der Waals surface area contributed by atoms with Crippen molar-refractivity contribution in [2.45, 2.75) is 43.2 Å². The number of aliphatic carboxylic acids is 1. The summed E-state index contributed by atoms with van der Waals surface area (Å²) in [5.74, 6) is -4.36. The molecule has 1 fully saturated rings. The van der Waals surface area contributed by atoms with Crippen LogP contribution in [-0.2, 0) is 35.6 Å². The Morgan fingerprint density at radius 1 is 1.20 bits per heavy atom. The van der Waals surface area contributed by atoms with Gasteiger partial charge in [-0.05, 0) is 48.6 Å². The molecule has 1 aliphatic heterocycles. The van der Waals surface area contributed by atoms with Crippen molar-refractivity contribution in [2.24, 2.45) is 5.73 Å². The number of aromatic hydroxyl groups is 1. The second kappa shape index (κ2) is 15.7. The number of amides is 2. The van der Waals surface area contributed by atoms with Gasteiger partial charge in [-0.15, -0.1) is 0 Å². The third-order valence-electron chi connectivity index (χ3n) is 5.97. The van der Waals surface area contributed by atoms with E-state index in [4.69, 9.17) is 20.4 Å². The van der Waals surface area contributed by atoms with Crippen LogP contribution in [0.1, 0.15) is 46.0 Å². The Morgan fingerprint density at radius 3 is 2.41 bits per heavy atom. The van der Waals surface area contributed by atoms with E-state index in [2.05, 4.69) is 26.0 Å². The zero-order valence-electron chi connectivity index (χ0n) is 23.0. The first-order chi connectivity index (χ1) is 20.5. The second-order valence-corrected chi connectivity index (χ2v) is 11.9. The van der Waals surface area contributed by atoms with E-state index in [9.17, 15) is 41.1 Å². The van der Waals surface area contributed by atoms with Crippen LogP contribution in [0.2, 0.25) is 0 Å². The molecule has 1 saturated heterocycles. The normalized spacial score (nSPS) is 16.1. The van der Waals surface area contributed by atoms with Crippen LogP contribution >= 0.6 is 15.9 Å². The summed E-state index contributed by atoms with van der Waals surface area (Å²) in [6.45, 7) is 0.622. The summed E-state index contributed by atoms with van der Waals surface area (Å²) in [5.41, 5.74) is 7.19. The molecule has 2 aromatic carbocycles. The van der Waals surface area contributed by atoms with Gasteiger partial charge in [0.15, 0.2) is 0 Å². The van der Waals surface area contributed by atoms with Gasteiger partial charge < -0.3 is 30.7 Å². The number of halogens is 4. The molecule has 13 nitrogen and oxygen atoms in total. The highest BCUT2D eigenvalue weighted by atomic mass is 79.9. The summed E-state index contributed by atoms with van der Waals surface area (Å²) in [4.78, 5) is 44.6. The molecule has 2 atom stereocenters. The maximum absolute atomic E-state index is 12.4. The standard InChI is InChI=1S/C24H28BrN3O8S.C2HF3O2/c1-35-24(32)22-18(29)5-4-6-19(22)36-10-3-2-9-27-23(31)17(26)12-14-7-8-15(16(25)11-14)20-13-21(30)28-37(20,33)34;3-2(4,5)1(6)7/h4-8,11,17,20,29H,2-3,9-10,12-13,26H2,1H3,(H,27,31)(H,28,30);(H,6,7)/t17-,20?;/m0./s1. The topological polar surface area (TPSA) is 211 Å². The van der Waals surface area contributed by atoms with Crippen molar-refractivity contribution in [3.8, 4) is 11.5 Å². The van der Waals surface area contributed by atoms with Crippen molar-refractivity contribution in [3.63, 3.8) is 0 Å².